The summed E-state index contributed by atoms with van der Waals surface area (Å²) in [5, 5.41) is 0. The number of fused-ring (bicyclic) bond motifs is 2. The maximum absolute atomic E-state index is 12.9. The van der Waals surface area contributed by atoms with Crippen LogP contribution in [0.25, 0.3) is 0 Å². The normalized spacial score (nSPS) is 35.3. The first kappa shape index (κ1) is 21.4. The fourth-order valence-corrected chi connectivity index (χ4v) is 7.23. The van der Waals surface area contributed by atoms with Crippen LogP contribution in [0.15, 0.2) is 0 Å². The van der Waals surface area contributed by atoms with Crippen molar-refractivity contribution in [3.8, 4) is 0 Å². The van der Waals surface area contributed by atoms with Crippen molar-refractivity contribution in [2.24, 2.45) is 23.7 Å². The second kappa shape index (κ2) is 10.4. The molecule has 0 bridgehead atoms. The van der Waals surface area contributed by atoms with Crippen LogP contribution >= 0.6 is 0 Å². The van der Waals surface area contributed by atoms with E-state index in [-0.39, 0.29) is 0 Å². The molecule has 0 aromatic heterocycles. The Balaban J connectivity index is 1.18. The Morgan fingerprint density at radius 2 is 1.31 bits per heavy atom. The van der Waals surface area contributed by atoms with E-state index in [0.29, 0.717) is 36.5 Å². The van der Waals surface area contributed by atoms with Crippen LogP contribution < -0.4 is 0 Å². The lowest BCUT2D eigenvalue weighted by atomic mass is 9.75. The van der Waals surface area contributed by atoms with Gasteiger partial charge in [0.15, 0.2) is 0 Å². The number of piperidine rings is 1. The van der Waals surface area contributed by atoms with Crippen LogP contribution in [0.3, 0.4) is 0 Å². The summed E-state index contributed by atoms with van der Waals surface area (Å²) in [6.07, 6.45) is 21.4. The number of rotatable bonds is 6. The van der Waals surface area contributed by atoms with E-state index in [0.717, 1.165) is 43.6 Å². The van der Waals surface area contributed by atoms with Gasteiger partial charge in [-0.3, -0.25) is 9.59 Å². The second-order valence-corrected chi connectivity index (χ2v) is 10.7. The zero-order valence-corrected chi connectivity index (χ0v) is 18.6. The molecule has 1 saturated heterocycles. The minimum Gasteiger partial charge on any atom is -0.339 e. The molecule has 3 heteroatoms. The van der Waals surface area contributed by atoms with Crippen molar-refractivity contribution >= 4 is 11.7 Å². The van der Waals surface area contributed by atoms with E-state index in [9.17, 15) is 9.59 Å². The van der Waals surface area contributed by atoms with E-state index in [1.807, 2.05) is 0 Å². The molecule has 3 nitrogen and oxygen atoms in total. The summed E-state index contributed by atoms with van der Waals surface area (Å²) in [7, 11) is 0. The molecule has 1 heterocycles. The lowest BCUT2D eigenvalue weighted by Crippen LogP contribution is -2.49. The van der Waals surface area contributed by atoms with Gasteiger partial charge in [0.2, 0.25) is 5.91 Å². The van der Waals surface area contributed by atoms with Gasteiger partial charge in [0.05, 0.1) is 0 Å². The summed E-state index contributed by atoms with van der Waals surface area (Å²) >= 11 is 0. The van der Waals surface area contributed by atoms with Crippen LogP contribution in [-0.2, 0) is 9.59 Å². The monoisotopic (exact) mass is 401 g/mol. The van der Waals surface area contributed by atoms with Gasteiger partial charge in [-0.05, 0) is 69.1 Å². The van der Waals surface area contributed by atoms with E-state index in [4.69, 9.17) is 0 Å². The molecule has 0 spiro atoms. The summed E-state index contributed by atoms with van der Waals surface area (Å²) in [4.78, 5) is 27.9. The quantitative estimate of drug-likeness (QED) is 0.490. The summed E-state index contributed by atoms with van der Waals surface area (Å²) in [5.41, 5.74) is 0. The minimum atomic E-state index is 0.323. The molecule has 5 atom stereocenters. The number of Topliss-reactive ketones (excluding diaryl/α,β-unsaturated/α-hetero) is 1. The first-order chi connectivity index (χ1) is 14.2. The lowest BCUT2D eigenvalue weighted by Gasteiger charge is -2.44. The van der Waals surface area contributed by atoms with E-state index in [1.54, 1.807) is 0 Å². The topological polar surface area (TPSA) is 37.4 Å². The Morgan fingerprint density at radius 3 is 2.17 bits per heavy atom. The van der Waals surface area contributed by atoms with Gasteiger partial charge in [-0.25, -0.2) is 0 Å². The van der Waals surface area contributed by atoms with E-state index >= 15 is 0 Å². The molecule has 0 N–H and O–H groups in total. The van der Waals surface area contributed by atoms with Crippen LogP contribution in [0.2, 0.25) is 0 Å². The number of carbonyl (C=O) groups excluding carboxylic acids is 2. The number of ketones is 1. The highest BCUT2D eigenvalue weighted by atomic mass is 16.2. The smallest absolute Gasteiger partial charge is 0.222 e. The molecule has 0 aromatic carbocycles. The van der Waals surface area contributed by atoms with E-state index in [2.05, 4.69) is 4.90 Å². The summed E-state index contributed by atoms with van der Waals surface area (Å²) in [6.45, 7) is 0.976. The standard InChI is InChI=1S/C26H43NO2/c28-25(23-13-7-12-20-9-1-2-11-22(20)19-23)16-5-6-17-26(29)27-18-8-14-21-10-3-4-15-24(21)27/h20-24H,1-19H2. The van der Waals surface area contributed by atoms with Crippen molar-refractivity contribution in [2.45, 2.75) is 122 Å². The summed E-state index contributed by atoms with van der Waals surface area (Å²) in [5.74, 6) is 3.70. The number of hydrogen-bond acceptors (Lipinski definition) is 2. The van der Waals surface area contributed by atoms with Crippen LogP contribution in [0.5, 0.6) is 0 Å². The van der Waals surface area contributed by atoms with Crippen molar-refractivity contribution in [2.75, 3.05) is 6.54 Å². The van der Waals surface area contributed by atoms with Crippen LogP contribution in [0.4, 0.5) is 0 Å². The molecule has 4 fully saturated rings. The van der Waals surface area contributed by atoms with Gasteiger partial charge >= 0.3 is 0 Å². The number of nitrogens with zero attached hydrogens (tertiary/aromatic N) is 1. The Hall–Kier alpha value is -0.860. The highest BCUT2D eigenvalue weighted by Crippen LogP contribution is 2.41. The molecular formula is C26H43NO2. The maximum atomic E-state index is 12.9. The van der Waals surface area contributed by atoms with Gasteiger partial charge in [-0.15, -0.1) is 0 Å². The van der Waals surface area contributed by atoms with Gasteiger partial charge in [0.25, 0.3) is 0 Å². The molecule has 164 valence electrons. The molecular weight excluding hydrogens is 358 g/mol. The fourth-order valence-electron chi connectivity index (χ4n) is 7.23. The largest absolute Gasteiger partial charge is 0.339 e. The molecule has 1 aliphatic heterocycles. The van der Waals surface area contributed by atoms with Gasteiger partial charge < -0.3 is 4.90 Å². The molecule has 29 heavy (non-hydrogen) atoms. The Bertz CT molecular complexity index is 557. The fraction of sp³-hybridized carbons (Fsp3) is 0.923. The number of hydrogen-bond donors (Lipinski definition) is 0. The third-order valence-corrected chi connectivity index (χ3v) is 8.86. The maximum Gasteiger partial charge on any atom is 0.222 e. The molecule has 1 amide bonds. The van der Waals surface area contributed by atoms with Crippen molar-refractivity contribution < 1.29 is 9.59 Å². The molecule has 4 rings (SSSR count). The van der Waals surface area contributed by atoms with Crippen LogP contribution in [-0.4, -0.2) is 29.2 Å². The molecule has 5 unspecified atom stereocenters. The average molecular weight is 402 g/mol. The number of unbranched alkanes of at least 4 members (excludes halogenated alkanes) is 1. The van der Waals surface area contributed by atoms with E-state index < -0.39 is 0 Å². The zero-order chi connectivity index (χ0) is 20.1. The molecule has 0 aromatic rings. The summed E-state index contributed by atoms with van der Waals surface area (Å²) in [6, 6.07) is 0.529. The van der Waals surface area contributed by atoms with Crippen LogP contribution in [0, 0.1) is 23.7 Å². The third-order valence-electron chi connectivity index (χ3n) is 8.86. The van der Waals surface area contributed by atoms with Crippen molar-refractivity contribution in [3.05, 3.63) is 0 Å². The molecule has 3 aliphatic carbocycles. The summed E-state index contributed by atoms with van der Waals surface area (Å²) < 4.78 is 0. The van der Waals surface area contributed by atoms with Crippen molar-refractivity contribution in [1.29, 1.82) is 0 Å². The van der Waals surface area contributed by atoms with Gasteiger partial charge in [0.1, 0.15) is 5.78 Å². The first-order valence-corrected chi connectivity index (χ1v) is 13.0. The number of amides is 1. The Morgan fingerprint density at radius 1 is 0.655 bits per heavy atom. The lowest BCUT2D eigenvalue weighted by molar-refractivity contribution is -0.137. The molecule has 4 aliphatic rings. The highest BCUT2D eigenvalue weighted by molar-refractivity contribution is 5.81. The zero-order valence-electron chi connectivity index (χ0n) is 18.6. The van der Waals surface area contributed by atoms with Crippen LogP contribution in [0.1, 0.15) is 116 Å². The van der Waals surface area contributed by atoms with Crippen molar-refractivity contribution in [1.82, 2.24) is 4.90 Å². The Kier molecular flexibility index (Phi) is 7.70. The van der Waals surface area contributed by atoms with Gasteiger partial charge in [-0.1, -0.05) is 51.4 Å². The highest BCUT2D eigenvalue weighted by Gasteiger charge is 2.35. The van der Waals surface area contributed by atoms with Gasteiger partial charge in [-0.2, -0.15) is 0 Å². The van der Waals surface area contributed by atoms with Gasteiger partial charge in [0, 0.05) is 31.3 Å². The molecule has 3 saturated carbocycles. The minimum absolute atomic E-state index is 0.323. The predicted octanol–water partition coefficient (Wildman–Crippen LogP) is 6.29. The Labute approximate surface area is 178 Å². The third kappa shape index (κ3) is 5.44. The molecule has 0 radical (unpaired) electrons. The SMILES string of the molecule is O=C(CCCCC(=O)N1CCCC2CCCCC21)C1CCCC2CCCCC2C1. The van der Waals surface area contributed by atoms with E-state index in [1.165, 1.54) is 83.5 Å². The first-order valence-electron chi connectivity index (χ1n) is 13.0. The predicted molar refractivity (Wildman–Crippen MR) is 118 cm³/mol. The average Bonchev–Trinajstić information content (AvgIpc) is 2.98. The van der Waals surface area contributed by atoms with Crippen molar-refractivity contribution in [3.63, 3.8) is 0 Å². The second-order valence-electron chi connectivity index (χ2n) is 10.7. The number of likely N-dealkylation sites (tertiary alicyclic amines) is 1. The number of carbonyl (C=O) groups is 2.